The van der Waals surface area contributed by atoms with Crippen molar-refractivity contribution in [2.75, 3.05) is 18.1 Å². The lowest BCUT2D eigenvalue weighted by atomic mass is 9.92. The van der Waals surface area contributed by atoms with Crippen molar-refractivity contribution >= 4 is 22.9 Å². The van der Waals surface area contributed by atoms with Gasteiger partial charge in [0.2, 0.25) is 0 Å². The van der Waals surface area contributed by atoms with Crippen LogP contribution in [-0.2, 0) is 9.53 Å². The van der Waals surface area contributed by atoms with E-state index in [1.807, 2.05) is 12.1 Å². The number of carbonyl (C=O) groups is 1. The van der Waals surface area contributed by atoms with E-state index in [4.69, 9.17) is 4.74 Å². The molecule has 1 aromatic carbocycles. The van der Waals surface area contributed by atoms with E-state index in [1.165, 1.54) is 25.3 Å². The van der Waals surface area contributed by atoms with E-state index in [2.05, 4.69) is 18.7 Å². The number of anilines is 1. The van der Waals surface area contributed by atoms with E-state index in [-0.39, 0.29) is 10.6 Å². The van der Waals surface area contributed by atoms with Crippen molar-refractivity contribution in [2.45, 2.75) is 65.8 Å². The summed E-state index contributed by atoms with van der Waals surface area (Å²) in [6, 6.07) is 5.63. The molecule has 0 amide bonds. The van der Waals surface area contributed by atoms with Crippen LogP contribution < -0.4 is 4.90 Å². The summed E-state index contributed by atoms with van der Waals surface area (Å²) in [5.74, 6) is -0.0259. The Kier molecular flexibility index (Phi) is 8.03. The van der Waals surface area contributed by atoms with Crippen LogP contribution in [0, 0.1) is 16.0 Å². The highest BCUT2D eigenvalue weighted by Crippen LogP contribution is 2.36. The molecule has 0 N–H and O–H groups in total. The van der Waals surface area contributed by atoms with Crippen molar-refractivity contribution in [1.29, 1.82) is 0 Å². The molecular formula is C22H32N2O4. The van der Waals surface area contributed by atoms with Crippen LogP contribution in [0.2, 0.25) is 0 Å². The van der Waals surface area contributed by atoms with Gasteiger partial charge in [0, 0.05) is 24.7 Å². The maximum absolute atomic E-state index is 11.9. The Balaban J connectivity index is 2.41. The van der Waals surface area contributed by atoms with Gasteiger partial charge in [-0.05, 0) is 49.8 Å². The molecule has 0 bridgehead atoms. The number of benzene rings is 1. The number of carbonyl (C=O) groups excluding carboxylic acids is 1. The average molecular weight is 389 g/mol. The third-order valence-corrected chi connectivity index (χ3v) is 5.14. The van der Waals surface area contributed by atoms with Crippen LogP contribution >= 0.6 is 0 Å². The number of esters is 1. The molecule has 2 rings (SSSR count). The quantitative estimate of drug-likeness (QED) is 0.259. The van der Waals surface area contributed by atoms with Gasteiger partial charge in [0.15, 0.2) is 0 Å². The van der Waals surface area contributed by atoms with E-state index < -0.39 is 5.97 Å². The van der Waals surface area contributed by atoms with E-state index in [0.717, 1.165) is 19.4 Å². The number of allylic oxidation sites excluding steroid dienone is 1. The Labute approximate surface area is 167 Å². The molecule has 1 aliphatic carbocycles. The highest BCUT2D eigenvalue weighted by molar-refractivity contribution is 5.91. The molecule has 0 spiro atoms. The van der Waals surface area contributed by atoms with E-state index >= 15 is 0 Å². The van der Waals surface area contributed by atoms with Crippen LogP contribution in [0.1, 0.15) is 65.4 Å². The number of nitro benzene ring substituents is 1. The van der Waals surface area contributed by atoms with E-state index in [9.17, 15) is 14.9 Å². The first-order valence-corrected chi connectivity index (χ1v) is 10.2. The minimum atomic E-state index is -0.435. The van der Waals surface area contributed by atoms with Crippen LogP contribution in [0.4, 0.5) is 11.4 Å². The Morgan fingerprint density at radius 1 is 1.32 bits per heavy atom. The van der Waals surface area contributed by atoms with Crippen molar-refractivity contribution in [3.05, 3.63) is 40.0 Å². The summed E-state index contributed by atoms with van der Waals surface area (Å²) in [6.45, 7) is 8.89. The van der Waals surface area contributed by atoms with Gasteiger partial charge in [0.05, 0.1) is 11.5 Å². The van der Waals surface area contributed by atoms with Gasteiger partial charge in [-0.1, -0.05) is 39.2 Å². The maximum Gasteiger partial charge on any atom is 0.331 e. The average Bonchev–Trinajstić information content (AvgIpc) is 2.66. The maximum atomic E-state index is 11.9. The third kappa shape index (κ3) is 5.81. The van der Waals surface area contributed by atoms with E-state index in [1.54, 1.807) is 19.9 Å². The van der Waals surface area contributed by atoms with Gasteiger partial charge in [0.25, 0.3) is 5.69 Å². The summed E-state index contributed by atoms with van der Waals surface area (Å²) in [7, 11) is 0. The molecule has 0 aliphatic heterocycles. The highest BCUT2D eigenvalue weighted by atomic mass is 16.6. The number of nitro groups is 1. The predicted molar refractivity (Wildman–Crippen MR) is 112 cm³/mol. The van der Waals surface area contributed by atoms with Crippen molar-refractivity contribution < 1.29 is 14.5 Å². The second kappa shape index (κ2) is 10.2. The first-order chi connectivity index (χ1) is 13.3. The Bertz CT molecular complexity index is 721. The molecule has 1 saturated carbocycles. The second-order valence-corrected chi connectivity index (χ2v) is 7.88. The molecular weight excluding hydrogens is 356 g/mol. The van der Waals surface area contributed by atoms with Gasteiger partial charge in [-0.2, -0.15) is 0 Å². The molecule has 0 radical (unpaired) electrons. The summed E-state index contributed by atoms with van der Waals surface area (Å²) >= 11 is 0. The van der Waals surface area contributed by atoms with Crippen LogP contribution in [0.25, 0.3) is 5.57 Å². The number of hydrogen-bond donors (Lipinski definition) is 0. The molecule has 154 valence electrons. The van der Waals surface area contributed by atoms with Crippen LogP contribution in [-0.4, -0.2) is 30.1 Å². The van der Waals surface area contributed by atoms with Crippen molar-refractivity contribution in [3.8, 4) is 0 Å². The summed E-state index contributed by atoms with van der Waals surface area (Å²) in [4.78, 5) is 25.5. The largest absolute Gasteiger partial charge is 0.463 e. The fourth-order valence-corrected chi connectivity index (χ4v) is 3.83. The first-order valence-electron chi connectivity index (χ1n) is 10.2. The minimum Gasteiger partial charge on any atom is -0.463 e. The Morgan fingerprint density at radius 3 is 2.57 bits per heavy atom. The first kappa shape index (κ1) is 21.9. The number of hydrogen-bond acceptors (Lipinski definition) is 5. The summed E-state index contributed by atoms with van der Waals surface area (Å²) in [6.07, 6.45) is 7.13. The number of ether oxygens (including phenoxy) is 1. The molecule has 0 unspecified atom stereocenters. The monoisotopic (exact) mass is 388 g/mol. The fraction of sp³-hybridized carbons (Fsp3) is 0.591. The summed E-state index contributed by atoms with van der Waals surface area (Å²) in [5, 5.41) is 11.9. The molecule has 0 atom stereocenters. The van der Waals surface area contributed by atoms with Crippen molar-refractivity contribution in [2.24, 2.45) is 5.92 Å². The van der Waals surface area contributed by atoms with Gasteiger partial charge >= 0.3 is 5.97 Å². The zero-order valence-electron chi connectivity index (χ0n) is 17.4. The lowest BCUT2D eigenvalue weighted by Gasteiger charge is -2.37. The second-order valence-electron chi connectivity index (χ2n) is 7.88. The summed E-state index contributed by atoms with van der Waals surface area (Å²) < 4.78 is 4.94. The molecule has 0 saturated heterocycles. The minimum absolute atomic E-state index is 0.0975. The molecule has 0 aromatic heterocycles. The Hall–Kier alpha value is -2.37. The fourth-order valence-electron chi connectivity index (χ4n) is 3.83. The zero-order chi connectivity index (χ0) is 20.7. The van der Waals surface area contributed by atoms with Gasteiger partial charge in [-0.15, -0.1) is 0 Å². The number of rotatable bonds is 8. The standard InChI is InChI=1S/C22H32N2O4/c1-5-28-22(25)13-17(4)18-11-12-20(21(14-18)24(26)27)23(15-16(2)3)19-9-7-6-8-10-19/h11-14,16,19H,5-10,15H2,1-4H3/b17-13+. The normalized spacial score (nSPS) is 15.5. The molecule has 6 nitrogen and oxygen atoms in total. The predicted octanol–water partition coefficient (Wildman–Crippen LogP) is 5.36. The van der Waals surface area contributed by atoms with Crippen LogP contribution in [0.15, 0.2) is 24.3 Å². The molecule has 6 heteroatoms. The van der Waals surface area contributed by atoms with Crippen LogP contribution in [0.3, 0.4) is 0 Å². The van der Waals surface area contributed by atoms with Gasteiger partial charge in [-0.3, -0.25) is 10.1 Å². The number of nitrogens with zero attached hydrogens (tertiary/aromatic N) is 2. The van der Waals surface area contributed by atoms with Gasteiger partial charge in [0.1, 0.15) is 5.69 Å². The molecule has 1 fully saturated rings. The smallest absolute Gasteiger partial charge is 0.331 e. The molecule has 0 heterocycles. The van der Waals surface area contributed by atoms with Crippen LogP contribution in [0.5, 0.6) is 0 Å². The van der Waals surface area contributed by atoms with Crippen molar-refractivity contribution in [3.63, 3.8) is 0 Å². The van der Waals surface area contributed by atoms with Gasteiger partial charge < -0.3 is 9.64 Å². The highest BCUT2D eigenvalue weighted by Gasteiger charge is 2.28. The summed E-state index contributed by atoms with van der Waals surface area (Å²) in [5.41, 5.74) is 2.09. The van der Waals surface area contributed by atoms with Crippen molar-refractivity contribution in [1.82, 2.24) is 0 Å². The molecule has 1 aliphatic rings. The molecule has 1 aromatic rings. The van der Waals surface area contributed by atoms with Gasteiger partial charge in [-0.25, -0.2) is 4.79 Å². The lowest BCUT2D eigenvalue weighted by Crippen LogP contribution is -2.39. The Morgan fingerprint density at radius 2 is 2.00 bits per heavy atom. The molecule has 28 heavy (non-hydrogen) atoms. The van der Waals surface area contributed by atoms with E-state index in [0.29, 0.717) is 35.4 Å². The lowest BCUT2D eigenvalue weighted by molar-refractivity contribution is -0.384. The third-order valence-electron chi connectivity index (χ3n) is 5.14. The zero-order valence-corrected chi connectivity index (χ0v) is 17.4. The SMILES string of the molecule is CCOC(=O)/C=C(\C)c1ccc(N(CC(C)C)C2CCCCC2)c([N+](=O)[O-])c1. The topological polar surface area (TPSA) is 72.7 Å².